The van der Waals surface area contributed by atoms with Crippen LogP contribution in [0.2, 0.25) is 0 Å². The number of halogens is 3. The summed E-state index contributed by atoms with van der Waals surface area (Å²) in [4.78, 5) is 0. The number of alkyl halides is 3. The van der Waals surface area contributed by atoms with Crippen molar-refractivity contribution in [2.45, 2.75) is 39.0 Å². The Kier molecular flexibility index (Phi) is 6.98. The molecule has 0 spiro atoms. The molecule has 162 valence electrons. The molecule has 0 N–H and O–H groups in total. The van der Waals surface area contributed by atoms with E-state index in [1.165, 1.54) is 10.6 Å². The van der Waals surface area contributed by atoms with Crippen LogP contribution in [0.5, 0.6) is 0 Å². The van der Waals surface area contributed by atoms with E-state index in [1.807, 2.05) is 26.0 Å². The number of hydrogen-bond donors (Lipinski definition) is 0. The predicted molar refractivity (Wildman–Crippen MR) is 116 cm³/mol. The fourth-order valence-corrected chi connectivity index (χ4v) is 4.08. The van der Waals surface area contributed by atoms with Gasteiger partial charge in [-0.15, -0.1) is 0 Å². The largest absolute Gasteiger partial charge is 0.490 e. The molecule has 0 atom stereocenters. The molecule has 0 bridgehead atoms. The molecule has 4 nitrogen and oxygen atoms in total. The van der Waals surface area contributed by atoms with Gasteiger partial charge < -0.3 is 4.74 Å². The van der Waals surface area contributed by atoms with Gasteiger partial charge in [0.05, 0.1) is 17.3 Å². The summed E-state index contributed by atoms with van der Waals surface area (Å²) in [5.74, 6) is 0.729. The number of hydrogen-bond acceptors (Lipinski definition) is 4. The topological polar surface area (TPSA) is 29.8 Å². The summed E-state index contributed by atoms with van der Waals surface area (Å²) in [6, 6.07) is 2.52. The maximum Gasteiger partial charge on any atom is 0.417 e. The normalized spacial score (nSPS) is 17.5. The zero-order valence-corrected chi connectivity index (χ0v) is 18.2. The second-order valence-electron chi connectivity index (χ2n) is 7.24. The van der Waals surface area contributed by atoms with Gasteiger partial charge in [-0.25, -0.2) is 4.52 Å². The summed E-state index contributed by atoms with van der Waals surface area (Å²) in [5.41, 5.74) is 2.22. The third kappa shape index (κ3) is 5.10. The SMILES string of the molecule is C=C(/C=C(\C)c1cnn2cc(C(F)(F)F)ccc12)/C(=C\C)OC1CCN(SC)CC1. The number of pyridine rings is 1. The third-order valence-corrected chi connectivity index (χ3v) is 6.07. The van der Waals surface area contributed by atoms with Gasteiger partial charge in [-0.05, 0) is 62.8 Å². The summed E-state index contributed by atoms with van der Waals surface area (Å²) in [6.45, 7) is 9.93. The molecule has 2 aromatic rings. The predicted octanol–water partition coefficient (Wildman–Crippen LogP) is 5.98. The highest BCUT2D eigenvalue weighted by molar-refractivity contribution is 7.96. The van der Waals surface area contributed by atoms with Crippen LogP contribution >= 0.6 is 11.9 Å². The average molecular weight is 438 g/mol. The van der Waals surface area contributed by atoms with Crippen molar-refractivity contribution in [1.82, 2.24) is 13.9 Å². The third-order valence-electron chi connectivity index (χ3n) is 5.19. The van der Waals surface area contributed by atoms with Crippen LogP contribution in [-0.2, 0) is 10.9 Å². The highest BCUT2D eigenvalue weighted by atomic mass is 32.2. The highest BCUT2D eigenvalue weighted by Crippen LogP contribution is 2.31. The van der Waals surface area contributed by atoms with E-state index >= 15 is 0 Å². The number of ether oxygens (including phenoxy) is 1. The minimum Gasteiger partial charge on any atom is -0.490 e. The van der Waals surface area contributed by atoms with Crippen LogP contribution in [0.1, 0.15) is 37.8 Å². The van der Waals surface area contributed by atoms with Crippen LogP contribution in [0.15, 0.2) is 54.6 Å². The maximum atomic E-state index is 12.9. The molecule has 1 fully saturated rings. The Balaban J connectivity index is 1.74. The monoisotopic (exact) mass is 437 g/mol. The summed E-state index contributed by atoms with van der Waals surface area (Å²) in [7, 11) is 0. The van der Waals surface area contributed by atoms with E-state index in [2.05, 4.69) is 22.2 Å². The van der Waals surface area contributed by atoms with Crippen LogP contribution in [-0.4, -0.2) is 39.4 Å². The number of piperidine rings is 1. The van der Waals surface area contributed by atoms with Gasteiger partial charge in [0.1, 0.15) is 11.9 Å². The molecule has 0 amide bonds. The lowest BCUT2D eigenvalue weighted by molar-refractivity contribution is -0.137. The minimum absolute atomic E-state index is 0.155. The molecule has 0 aromatic carbocycles. The molecule has 30 heavy (non-hydrogen) atoms. The number of nitrogens with zero attached hydrogens (tertiary/aromatic N) is 3. The van der Waals surface area contributed by atoms with Gasteiger partial charge in [0, 0.05) is 30.4 Å². The van der Waals surface area contributed by atoms with Crippen molar-refractivity contribution in [3.63, 3.8) is 0 Å². The van der Waals surface area contributed by atoms with Crippen LogP contribution in [0.3, 0.4) is 0 Å². The summed E-state index contributed by atoms with van der Waals surface area (Å²) in [5, 5.41) is 4.09. The molecule has 0 unspecified atom stereocenters. The fourth-order valence-electron chi connectivity index (χ4n) is 3.51. The Hall–Kier alpha value is -2.19. The Morgan fingerprint density at radius 1 is 1.30 bits per heavy atom. The number of aromatic nitrogens is 2. The number of fused-ring (bicyclic) bond motifs is 1. The summed E-state index contributed by atoms with van der Waals surface area (Å²) in [6.07, 6.45) is 6.13. The Morgan fingerprint density at radius 2 is 2.00 bits per heavy atom. The van der Waals surface area contributed by atoms with Gasteiger partial charge in [0.15, 0.2) is 0 Å². The van der Waals surface area contributed by atoms with Crippen molar-refractivity contribution in [1.29, 1.82) is 0 Å². The lowest BCUT2D eigenvalue weighted by atomic mass is 10.0. The van der Waals surface area contributed by atoms with E-state index in [9.17, 15) is 13.2 Å². The first-order valence-corrected chi connectivity index (χ1v) is 11.0. The number of rotatable bonds is 6. The second kappa shape index (κ2) is 9.31. The molecule has 1 aliphatic rings. The van der Waals surface area contributed by atoms with Gasteiger partial charge in [0.2, 0.25) is 0 Å². The van der Waals surface area contributed by atoms with Gasteiger partial charge in [-0.3, -0.25) is 4.31 Å². The highest BCUT2D eigenvalue weighted by Gasteiger charge is 2.31. The first-order valence-electron chi connectivity index (χ1n) is 9.77. The van der Waals surface area contributed by atoms with E-state index < -0.39 is 11.7 Å². The molecular formula is C22H26F3N3OS. The standard InChI is InChI=1S/C22H26F3N3OS/c1-5-21(29-18-8-10-27(30-4)11-9-18)16(3)12-15(2)19-13-26-28-14-17(22(23,24)25)6-7-20(19)28/h5-7,12-14,18H,3,8-11H2,1-2,4H3/b15-12+,21-5+. The number of allylic oxidation sites excluding steroid dienone is 3. The minimum atomic E-state index is -4.40. The molecule has 0 aliphatic carbocycles. The van der Waals surface area contributed by atoms with E-state index in [0.29, 0.717) is 5.52 Å². The zero-order valence-electron chi connectivity index (χ0n) is 17.4. The van der Waals surface area contributed by atoms with Crippen molar-refractivity contribution in [3.05, 3.63) is 65.7 Å². The Bertz CT molecular complexity index is 970. The smallest absolute Gasteiger partial charge is 0.417 e. The van der Waals surface area contributed by atoms with Gasteiger partial charge in [-0.1, -0.05) is 18.5 Å². The van der Waals surface area contributed by atoms with Crippen molar-refractivity contribution >= 4 is 23.0 Å². The molecule has 0 radical (unpaired) electrons. The van der Waals surface area contributed by atoms with E-state index in [0.717, 1.165) is 60.7 Å². The van der Waals surface area contributed by atoms with Gasteiger partial charge in [0.25, 0.3) is 0 Å². The van der Waals surface area contributed by atoms with Gasteiger partial charge >= 0.3 is 6.18 Å². The molecule has 3 heterocycles. The van der Waals surface area contributed by atoms with E-state index in [4.69, 9.17) is 4.74 Å². The maximum absolute atomic E-state index is 12.9. The Morgan fingerprint density at radius 3 is 2.60 bits per heavy atom. The first kappa shape index (κ1) is 22.5. The van der Waals surface area contributed by atoms with Gasteiger partial charge in [-0.2, -0.15) is 18.3 Å². The van der Waals surface area contributed by atoms with Crippen molar-refractivity contribution < 1.29 is 17.9 Å². The van der Waals surface area contributed by atoms with Crippen LogP contribution < -0.4 is 0 Å². The first-order chi connectivity index (χ1) is 14.2. The molecule has 8 heteroatoms. The molecule has 3 rings (SSSR count). The second-order valence-corrected chi connectivity index (χ2v) is 8.12. The average Bonchev–Trinajstić information content (AvgIpc) is 3.15. The molecule has 1 saturated heterocycles. The van der Waals surface area contributed by atoms with Crippen molar-refractivity contribution in [2.24, 2.45) is 0 Å². The van der Waals surface area contributed by atoms with Crippen molar-refractivity contribution in [3.8, 4) is 0 Å². The van der Waals surface area contributed by atoms with E-state index in [-0.39, 0.29) is 6.10 Å². The van der Waals surface area contributed by atoms with Crippen LogP contribution in [0.4, 0.5) is 13.2 Å². The summed E-state index contributed by atoms with van der Waals surface area (Å²) >= 11 is 1.75. The Labute approximate surface area is 179 Å². The lowest BCUT2D eigenvalue weighted by Gasteiger charge is -2.31. The molecule has 0 saturated carbocycles. The van der Waals surface area contributed by atoms with E-state index in [1.54, 1.807) is 18.1 Å². The quantitative estimate of drug-likeness (QED) is 0.316. The molecular weight excluding hydrogens is 411 g/mol. The van der Waals surface area contributed by atoms with Crippen molar-refractivity contribution in [2.75, 3.05) is 19.3 Å². The zero-order chi connectivity index (χ0) is 21.9. The lowest BCUT2D eigenvalue weighted by Crippen LogP contribution is -2.32. The summed E-state index contributed by atoms with van der Waals surface area (Å²) < 4.78 is 48.5. The van der Waals surface area contributed by atoms with Crippen LogP contribution in [0.25, 0.3) is 11.1 Å². The fraction of sp³-hybridized carbons (Fsp3) is 0.409. The molecule has 1 aliphatic heterocycles. The molecule has 2 aromatic heterocycles. The van der Waals surface area contributed by atoms with Crippen LogP contribution in [0, 0.1) is 0 Å².